The highest BCUT2D eigenvalue weighted by Crippen LogP contribution is 2.31. The van der Waals surface area contributed by atoms with E-state index in [9.17, 15) is 22.8 Å². The minimum atomic E-state index is -4.33. The van der Waals surface area contributed by atoms with Crippen LogP contribution in [0.3, 0.4) is 0 Å². The molecule has 0 bridgehead atoms. The van der Waals surface area contributed by atoms with E-state index >= 15 is 0 Å². The molecule has 1 heterocycles. The summed E-state index contributed by atoms with van der Waals surface area (Å²) < 4.78 is 38.1. The number of fused-ring (bicyclic) bond motifs is 1. The van der Waals surface area contributed by atoms with Crippen molar-refractivity contribution in [1.82, 2.24) is 4.57 Å². The summed E-state index contributed by atoms with van der Waals surface area (Å²) in [6.07, 6.45) is 1.77. The molecule has 1 N–H and O–H groups in total. The molecule has 1 aromatic carbocycles. The van der Waals surface area contributed by atoms with Crippen molar-refractivity contribution in [1.29, 1.82) is 0 Å². The van der Waals surface area contributed by atoms with Crippen LogP contribution >= 0.6 is 11.6 Å². The van der Waals surface area contributed by atoms with Gasteiger partial charge >= 0.3 is 12.1 Å². The summed E-state index contributed by atoms with van der Waals surface area (Å²) in [6, 6.07) is 5.42. The molecule has 1 unspecified atom stereocenters. The van der Waals surface area contributed by atoms with Gasteiger partial charge in [0.1, 0.15) is 0 Å². The fourth-order valence-electron chi connectivity index (χ4n) is 3.99. The molecule has 2 rings (SSSR count). The van der Waals surface area contributed by atoms with Crippen molar-refractivity contribution in [3.8, 4) is 0 Å². The smallest absolute Gasteiger partial charge is 0.416 e. The molecule has 2 aromatic rings. The largest absolute Gasteiger partial charge is 0.481 e. The number of carbonyl (C=O) groups excluding carboxylic acids is 1. The van der Waals surface area contributed by atoms with Gasteiger partial charge in [0.15, 0.2) is 5.78 Å². The Bertz CT molecular complexity index is 1050. The lowest BCUT2D eigenvalue weighted by Gasteiger charge is -2.10. The third kappa shape index (κ3) is 8.41. The van der Waals surface area contributed by atoms with Gasteiger partial charge in [-0.15, -0.1) is 5.73 Å². The number of nitrogens with zero attached hydrogens (tertiary/aromatic N) is 1. The van der Waals surface area contributed by atoms with Gasteiger partial charge in [0.25, 0.3) is 0 Å². The molecule has 0 aliphatic rings. The topological polar surface area (TPSA) is 59.3 Å². The van der Waals surface area contributed by atoms with Crippen LogP contribution < -0.4 is 0 Å². The Kier molecular flexibility index (Phi) is 9.81. The van der Waals surface area contributed by atoms with Crippen LogP contribution in [0.25, 0.3) is 10.9 Å². The van der Waals surface area contributed by atoms with Gasteiger partial charge in [0.05, 0.1) is 6.08 Å². The molecular weight excluding hydrogens is 455 g/mol. The first-order valence-corrected chi connectivity index (χ1v) is 11.4. The van der Waals surface area contributed by atoms with Crippen LogP contribution in [0, 0.1) is 5.92 Å². The van der Waals surface area contributed by atoms with Crippen LogP contribution in [0.2, 0.25) is 5.02 Å². The zero-order chi connectivity index (χ0) is 24.6. The van der Waals surface area contributed by atoms with E-state index in [2.05, 4.69) is 5.73 Å². The number of hydrogen-bond donors (Lipinski definition) is 1. The van der Waals surface area contributed by atoms with Crippen LogP contribution in [0.4, 0.5) is 13.2 Å². The van der Waals surface area contributed by atoms with E-state index in [1.807, 2.05) is 17.7 Å². The Hall–Kier alpha value is -2.50. The SMILES string of the molecule is CC(CC(=O)O)CC(=O)c1c(CCCCCCC=C=CC(F)(F)F)n(C)c2ccc(Cl)cc12. The lowest BCUT2D eigenvalue weighted by Crippen LogP contribution is -2.12. The van der Waals surface area contributed by atoms with E-state index in [1.165, 1.54) is 6.08 Å². The number of hydrogen-bond acceptors (Lipinski definition) is 2. The molecule has 0 spiro atoms. The van der Waals surface area contributed by atoms with Gasteiger partial charge in [0.2, 0.25) is 0 Å². The summed E-state index contributed by atoms with van der Waals surface area (Å²) in [7, 11) is 1.90. The van der Waals surface area contributed by atoms with Crippen LogP contribution in [-0.4, -0.2) is 27.6 Å². The highest BCUT2D eigenvalue weighted by Gasteiger charge is 2.23. The first kappa shape index (κ1) is 26.7. The summed E-state index contributed by atoms with van der Waals surface area (Å²) in [5.74, 6) is -1.30. The molecule has 1 atom stereocenters. The molecule has 8 heteroatoms. The van der Waals surface area contributed by atoms with Crippen LogP contribution in [0.1, 0.15) is 67.9 Å². The molecule has 0 fully saturated rings. The van der Waals surface area contributed by atoms with Gasteiger partial charge in [-0.1, -0.05) is 31.4 Å². The summed E-state index contributed by atoms with van der Waals surface area (Å²) >= 11 is 6.18. The van der Waals surface area contributed by atoms with Crippen LogP contribution in [-0.2, 0) is 18.3 Å². The van der Waals surface area contributed by atoms with Gasteiger partial charge in [-0.25, -0.2) is 0 Å². The number of rotatable bonds is 12. The maximum atomic E-state index is 13.2. The lowest BCUT2D eigenvalue weighted by atomic mass is 9.94. The summed E-state index contributed by atoms with van der Waals surface area (Å²) in [6.45, 7) is 1.75. The van der Waals surface area contributed by atoms with E-state index in [0.29, 0.717) is 23.4 Å². The maximum absolute atomic E-state index is 13.2. The van der Waals surface area contributed by atoms with Gasteiger partial charge in [-0.05, 0) is 55.9 Å². The molecule has 0 aliphatic heterocycles. The normalized spacial score (nSPS) is 12.4. The Morgan fingerprint density at radius 2 is 1.88 bits per heavy atom. The van der Waals surface area contributed by atoms with Gasteiger partial charge in [0, 0.05) is 47.1 Å². The van der Waals surface area contributed by atoms with E-state index in [4.69, 9.17) is 16.7 Å². The molecule has 0 radical (unpaired) electrons. The fraction of sp³-hybridized carbons (Fsp3) is 0.480. The molecule has 0 saturated heterocycles. The number of carbonyl (C=O) groups is 2. The Morgan fingerprint density at radius 1 is 1.18 bits per heavy atom. The molecule has 1 aromatic heterocycles. The third-order valence-corrected chi connectivity index (χ3v) is 5.73. The van der Waals surface area contributed by atoms with Crippen LogP contribution in [0.5, 0.6) is 0 Å². The third-order valence-electron chi connectivity index (χ3n) is 5.50. The molecule has 33 heavy (non-hydrogen) atoms. The number of Topliss-reactive ketones (excluding diaryl/α,β-unsaturated/α-hetero) is 1. The summed E-state index contributed by atoms with van der Waals surface area (Å²) in [4.78, 5) is 24.2. The average molecular weight is 484 g/mol. The first-order valence-electron chi connectivity index (χ1n) is 11.0. The lowest BCUT2D eigenvalue weighted by molar-refractivity contribution is -0.137. The number of allylic oxidation sites excluding steroid dienone is 1. The van der Waals surface area contributed by atoms with E-state index in [0.717, 1.165) is 42.3 Å². The second-order valence-electron chi connectivity index (χ2n) is 8.38. The predicted octanol–water partition coefficient (Wildman–Crippen LogP) is 7.28. The van der Waals surface area contributed by atoms with E-state index in [-0.39, 0.29) is 30.6 Å². The van der Waals surface area contributed by atoms with Gasteiger partial charge in [-0.3, -0.25) is 9.59 Å². The Labute approximate surface area is 196 Å². The zero-order valence-corrected chi connectivity index (χ0v) is 19.6. The fourth-order valence-corrected chi connectivity index (χ4v) is 4.16. The number of halogens is 4. The summed E-state index contributed by atoms with van der Waals surface area (Å²) in [5, 5.41) is 10.3. The van der Waals surface area contributed by atoms with Crippen molar-refractivity contribution in [2.24, 2.45) is 13.0 Å². The number of unbranched alkanes of at least 4 members (excludes halogenated alkanes) is 4. The second-order valence-corrected chi connectivity index (χ2v) is 8.82. The quantitative estimate of drug-likeness (QED) is 0.196. The number of alkyl halides is 3. The molecular formula is C25H29ClF3NO3. The molecule has 0 amide bonds. The number of aliphatic carboxylic acids is 1. The minimum Gasteiger partial charge on any atom is -0.481 e. The number of benzene rings is 1. The predicted molar refractivity (Wildman–Crippen MR) is 124 cm³/mol. The van der Waals surface area contributed by atoms with Crippen molar-refractivity contribution in [3.63, 3.8) is 0 Å². The first-order chi connectivity index (χ1) is 15.5. The van der Waals surface area contributed by atoms with E-state index < -0.39 is 12.1 Å². The zero-order valence-electron chi connectivity index (χ0n) is 18.8. The van der Waals surface area contributed by atoms with Gasteiger partial charge in [-0.2, -0.15) is 13.2 Å². The van der Waals surface area contributed by atoms with Crippen molar-refractivity contribution >= 4 is 34.3 Å². The van der Waals surface area contributed by atoms with Crippen molar-refractivity contribution in [3.05, 3.63) is 52.4 Å². The molecule has 0 saturated carbocycles. The number of carboxylic acids is 1. The maximum Gasteiger partial charge on any atom is 0.416 e. The van der Waals surface area contributed by atoms with Crippen molar-refractivity contribution in [2.45, 2.75) is 64.5 Å². The molecule has 180 valence electrons. The number of aryl methyl sites for hydroxylation is 1. The monoisotopic (exact) mass is 483 g/mol. The highest BCUT2D eigenvalue weighted by molar-refractivity contribution is 6.31. The number of ketones is 1. The average Bonchev–Trinajstić information content (AvgIpc) is 2.96. The highest BCUT2D eigenvalue weighted by atomic mass is 35.5. The second kappa shape index (κ2) is 12.1. The molecule has 4 nitrogen and oxygen atoms in total. The number of aromatic nitrogens is 1. The Morgan fingerprint density at radius 3 is 2.55 bits per heavy atom. The minimum absolute atomic E-state index is 0.0702. The molecule has 0 aliphatic carbocycles. The van der Waals surface area contributed by atoms with Crippen molar-refractivity contribution < 1.29 is 27.9 Å². The van der Waals surface area contributed by atoms with Crippen LogP contribution in [0.15, 0.2) is 36.1 Å². The standard InChI is InChI=1S/C25H29ClF3NO3/c1-17(15-23(32)33)14-22(31)24-19-16-18(26)11-12-20(19)30(2)21(24)10-8-6-4-3-5-7-9-13-25(27,28)29/h7,11-13,16-17H,3-6,8,10,14-15H2,1-2H3,(H,32,33). The van der Waals surface area contributed by atoms with Gasteiger partial charge < -0.3 is 9.67 Å². The number of carboxylic acid groups (broad SMARTS) is 1. The Balaban J connectivity index is 2.07. The van der Waals surface area contributed by atoms with Crippen molar-refractivity contribution in [2.75, 3.05) is 0 Å². The van der Waals surface area contributed by atoms with E-state index in [1.54, 1.807) is 19.1 Å². The summed E-state index contributed by atoms with van der Waals surface area (Å²) in [5.41, 5.74) is 4.55.